The fourth-order valence-corrected chi connectivity index (χ4v) is 2.06. The largest absolute Gasteiger partial charge is 0.294 e. The van der Waals surface area contributed by atoms with Crippen molar-refractivity contribution in [3.05, 3.63) is 35.4 Å². The van der Waals surface area contributed by atoms with Crippen LogP contribution in [-0.2, 0) is 0 Å². The lowest BCUT2D eigenvalue weighted by Crippen LogP contribution is -2.08. The number of carbonyl (C=O) groups is 1. The van der Waals surface area contributed by atoms with Gasteiger partial charge in [-0.25, -0.2) is 0 Å². The summed E-state index contributed by atoms with van der Waals surface area (Å²) in [5, 5.41) is 0. The van der Waals surface area contributed by atoms with Crippen molar-refractivity contribution in [1.29, 1.82) is 0 Å². The van der Waals surface area contributed by atoms with E-state index in [1.165, 1.54) is 24.8 Å². The number of Topliss-reactive ketones (excluding diaryl/α,β-unsaturated/α-hetero) is 1. The Bertz CT molecular complexity index is 337. The average Bonchev–Trinajstić information content (AvgIpc) is 2.35. The molecule has 0 aliphatic heterocycles. The van der Waals surface area contributed by atoms with Gasteiger partial charge in [-0.1, -0.05) is 69.4 Å². The van der Waals surface area contributed by atoms with Crippen LogP contribution in [0.25, 0.3) is 0 Å². The molecule has 17 heavy (non-hydrogen) atoms. The highest BCUT2D eigenvalue weighted by Gasteiger charge is 2.13. The van der Waals surface area contributed by atoms with Crippen LogP contribution in [0.3, 0.4) is 0 Å². The standard InChI is InChI=1S/C16H24O/c1-4-6-7-14(5-2)12-16(17)15-10-8-13(3)9-11-15/h8-11,14H,4-7,12H2,1-3H3. The van der Waals surface area contributed by atoms with E-state index >= 15 is 0 Å². The van der Waals surface area contributed by atoms with E-state index in [0.29, 0.717) is 18.1 Å². The number of aryl methyl sites for hydroxylation is 1. The van der Waals surface area contributed by atoms with Crippen molar-refractivity contribution in [1.82, 2.24) is 0 Å². The summed E-state index contributed by atoms with van der Waals surface area (Å²) < 4.78 is 0. The van der Waals surface area contributed by atoms with Gasteiger partial charge in [-0.3, -0.25) is 4.79 Å². The zero-order chi connectivity index (χ0) is 12.7. The second kappa shape index (κ2) is 7.26. The van der Waals surface area contributed by atoms with Crippen LogP contribution >= 0.6 is 0 Å². The maximum Gasteiger partial charge on any atom is 0.163 e. The van der Waals surface area contributed by atoms with E-state index in [4.69, 9.17) is 0 Å². The molecular formula is C16H24O. The lowest BCUT2D eigenvalue weighted by Gasteiger charge is -2.13. The molecule has 0 aromatic heterocycles. The van der Waals surface area contributed by atoms with Crippen molar-refractivity contribution in [3.63, 3.8) is 0 Å². The molecule has 0 saturated carbocycles. The smallest absolute Gasteiger partial charge is 0.163 e. The van der Waals surface area contributed by atoms with Gasteiger partial charge in [0.05, 0.1) is 0 Å². The van der Waals surface area contributed by atoms with Crippen LogP contribution in [-0.4, -0.2) is 5.78 Å². The Morgan fingerprint density at radius 2 is 1.82 bits per heavy atom. The van der Waals surface area contributed by atoms with Gasteiger partial charge < -0.3 is 0 Å². The molecule has 0 aliphatic carbocycles. The van der Waals surface area contributed by atoms with Gasteiger partial charge in [-0.2, -0.15) is 0 Å². The molecule has 0 heterocycles. The van der Waals surface area contributed by atoms with Gasteiger partial charge in [0.15, 0.2) is 5.78 Å². The molecule has 1 unspecified atom stereocenters. The third-order valence-corrected chi connectivity index (χ3v) is 3.39. The summed E-state index contributed by atoms with van der Waals surface area (Å²) in [6.45, 7) is 6.43. The zero-order valence-electron chi connectivity index (χ0n) is 11.3. The maximum atomic E-state index is 12.1. The summed E-state index contributed by atoms with van der Waals surface area (Å²) in [6, 6.07) is 7.93. The topological polar surface area (TPSA) is 17.1 Å². The average molecular weight is 232 g/mol. The van der Waals surface area contributed by atoms with E-state index in [1.54, 1.807) is 0 Å². The normalized spacial score (nSPS) is 12.4. The molecule has 0 amide bonds. The fourth-order valence-electron chi connectivity index (χ4n) is 2.06. The van der Waals surface area contributed by atoms with E-state index in [1.807, 2.05) is 31.2 Å². The molecule has 94 valence electrons. The molecule has 1 atom stereocenters. The molecule has 1 aromatic carbocycles. The Morgan fingerprint density at radius 1 is 1.18 bits per heavy atom. The molecule has 0 fully saturated rings. The van der Waals surface area contributed by atoms with Gasteiger partial charge in [0, 0.05) is 12.0 Å². The molecule has 1 rings (SSSR count). The van der Waals surface area contributed by atoms with Crippen molar-refractivity contribution >= 4 is 5.78 Å². The number of hydrogen-bond donors (Lipinski definition) is 0. The van der Waals surface area contributed by atoms with E-state index < -0.39 is 0 Å². The number of carbonyl (C=O) groups excluding carboxylic acids is 1. The summed E-state index contributed by atoms with van der Waals surface area (Å²) >= 11 is 0. The first-order chi connectivity index (χ1) is 8.17. The molecule has 0 aliphatic rings. The van der Waals surface area contributed by atoms with E-state index in [-0.39, 0.29) is 0 Å². The number of ketones is 1. The van der Waals surface area contributed by atoms with Crippen molar-refractivity contribution < 1.29 is 4.79 Å². The fraction of sp³-hybridized carbons (Fsp3) is 0.562. The number of rotatable bonds is 7. The van der Waals surface area contributed by atoms with E-state index in [0.717, 1.165) is 12.0 Å². The first kappa shape index (κ1) is 14.0. The second-order valence-electron chi connectivity index (χ2n) is 4.91. The molecule has 1 aromatic rings. The van der Waals surface area contributed by atoms with Gasteiger partial charge in [0.2, 0.25) is 0 Å². The Balaban J connectivity index is 2.54. The number of benzene rings is 1. The van der Waals surface area contributed by atoms with Crippen molar-refractivity contribution in [3.8, 4) is 0 Å². The summed E-state index contributed by atoms with van der Waals surface area (Å²) in [5.41, 5.74) is 2.07. The lowest BCUT2D eigenvalue weighted by molar-refractivity contribution is 0.0957. The van der Waals surface area contributed by atoms with E-state index in [9.17, 15) is 4.79 Å². The minimum Gasteiger partial charge on any atom is -0.294 e. The quantitative estimate of drug-likeness (QED) is 0.618. The van der Waals surface area contributed by atoms with Gasteiger partial charge in [-0.05, 0) is 12.8 Å². The van der Waals surface area contributed by atoms with Crippen LogP contribution in [0.5, 0.6) is 0 Å². The molecule has 0 saturated heterocycles. The third-order valence-electron chi connectivity index (χ3n) is 3.39. The second-order valence-corrected chi connectivity index (χ2v) is 4.91. The van der Waals surface area contributed by atoms with E-state index in [2.05, 4.69) is 13.8 Å². The third kappa shape index (κ3) is 4.72. The maximum absolute atomic E-state index is 12.1. The highest BCUT2D eigenvalue weighted by atomic mass is 16.1. The molecule has 0 N–H and O–H groups in total. The predicted octanol–water partition coefficient (Wildman–Crippen LogP) is 4.78. The molecule has 0 radical (unpaired) electrons. The van der Waals surface area contributed by atoms with Crippen LogP contribution < -0.4 is 0 Å². The van der Waals surface area contributed by atoms with Crippen LogP contribution in [0.1, 0.15) is 61.9 Å². The summed E-state index contributed by atoms with van der Waals surface area (Å²) in [4.78, 5) is 12.1. The molecular weight excluding hydrogens is 208 g/mol. The van der Waals surface area contributed by atoms with Crippen molar-refractivity contribution in [2.75, 3.05) is 0 Å². The Kier molecular flexibility index (Phi) is 5.96. The predicted molar refractivity (Wildman–Crippen MR) is 73.4 cm³/mol. The molecule has 1 heteroatoms. The number of hydrogen-bond acceptors (Lipinski definition) is 1. The Labute approximate surface area is 105 Å². The molecule has 1 nitrogen and oxygen atoms in total. The highest BCUT2D eigenvalue weighted by molar-refractivity contribution is 5.96. The zero-order valence-corrected chi connectivity index (χ0v) is 11.3. The summed E-state index contributed by atoms with van der Waals surface area (Å²) in [7, 11) is 0. The van der Waals surface area contributed by atoms with Crippen LogP contribution in [0.15, 0.2) is 24.3 Å². The highest BCUT2D eigenvalue weighted by Crippen LogP contribution is 2.19. The SMILES string of the molecule is CCCCC(CC)CC(=O)c1ccc(C)cc1. The van der Waals surface area contributed by atoms with Crippen molar-refractivity contribution in [2.45, 2.75) is 52.9 Å². The summed E-state index contributed by atoms with van der Waals surface area (Å²) in [6.07, 6.45) is 5.46. The van der Waals surface area contributed by atoms with Crippen molar-refractivity contribution in [2.24, 2.45) is 5.92 Å². The first-order valence-corrected chi connectivity index (χ1v) is 6.77. The van der Waals surface area contributed by atoms with Crippen LogP contribution in [0.4, 0.5) is 0 Å². The summed E-state index contributed by atoms with van der Waals surface area (Å²) in [5.74, 6) is 0.858. The lowest BCUT2D eigenvalue weighted by atomic mass is 9.91. The number of unbranched alkanes of at least 4 members (excludes halogenated alkanes) is 1. The Hall–Kier alpha value is -1.11. The van der Waals surface area contributed by atoms with Gasteiger partial charge in [-0.15, -0.1) is 0 Å². The minimum absolute atomic E-state index is 0.299. The molecule has 0 spiro atoms. The van der Waals surface area contributed by atoms with Crippen LogP contribution in [0, 0.1) is 12.8 Å². The van der Waals surface area contributed by atoms with Gasteiger partial charge in [0.25, 0.3) is 0 Å². The van der Waals surface area contributed by atoms with Gasteiger partial charge in [0.1, 0.15) is 0 Å². The van der Waals surface area contributed by atoms with Gasteiger partial charge >= 0.3 is 0 Å². The van der Waals surface area contributed by atoms with Crippen LogP contribution in [0.2, 0.25) is 0 Å². The molecule has 0 bridgehead atoms. The first-order valence-electron chi connectivity index (χ1n) is 6.77. The monoisotopic (exact) mass is 232 g/mol. The Morgan fingerprint density at radius 3 is 2.35 bits per heavy atom. The minimum atomic E-state index is 0.299.